The van der Waals surface area contributed by atoms with Gasteiger partial charge in [-0.3, -0.25) is 9.78 Å². The van der Waals surface area contributed by atoms with Crippen LogP contribution in [0.5, 0.6) is 11.5 Å². The summed E-state index contributed by atoms with van der Waals surface area (Å²) in [6.07, 6.45) is 7.21. The van der Waals surface area contributed by atoms with E-state index in [0.717, 1.165) is 24.9 Å². The maximum Gasteiger partial charge on any atom is 0.231 e. The van der Waals surface area contributed by atoms with Crippen molar-refractivity contribution in [2.75, 3.05) is 13.6 Å². The van der Waals surface area contributed by atoms with E-state index in [2.05, 4.69) is 16.8 Å². The molecule has 0 unspecified atom stereocenters. The largest absolute Gasteiger partial charge is 0.507 e. The molecule has 146 valence electrons. The highest BCUT2D eigenvalue weighted by atomic mass is 35.5. The lowest BCUT2D eigenvalue weighted by Crippen LogP contribution is -2.19. The topological polar surface area (TPSA) is 62.7 Å². The Morgan fingerprint density at radius 1 is 1.26 bits per heavy atom. The Balaban J connectivity index is 0.00000182. The van der Waals surface area contributed by atoms with Gasteiger partial charge in [-0.15, -0.1) is 24.8 Å². The lowest BCUT2D eigenvalue weighted by Gasteiger charge is -2.18. The first-order valence-corrected chi connectivity index (χ1v) is 8.47. The second kappa shape index (κ2) is 10.3. The van der Waals surface area contributed by atoms with Gasteiger partial charge in [0.1, 0.15) is 11.5 Å². The first kappa shape index (κ1) is 23.0. The van der Waals surface area contributed by atoms with E-state index < -0.39 is 0 Å². The molecule has 0 bridgehead atoms. The number of fused-ring (bicyclic) bond motifs is 1. The number of aromatic hydroxyl groups is 1. The minimum atomic E-state index is -0.170. The van der Waals surface area contributed by atoms with E-state index in [1.807, 2.05) is 13.1 Å². The third-order valence-corrected chi connectivity index (χ3v) is 4.22. The number of phenols is 1. The average Bonchev–Trinajstić information content (AvgIpc) is 2.93. The van der Waals surface area contributed by atoms with Gasteiger partial charge in [-0.05, 0) is 49.9 Å². The van der Waals surface area contributed by atoms with Crippen molar-refractivity contribution in [1.29, 1.82) is 0 Å². The zero-order valence-electron chi connectivity index (χ0n) is 15.3. The number of carbonyl (C=O) groups is 1. The molecule has 3 rings (SSSR count). The number of ether oxygens (including phenoxy) is 1. The van der Waals surface area contributed by atoms with E-state index >= 15 is 0 Å². The number of benzene rings is 1. The van der Waals surface area contributed by atoms with Gasteiger partial charge in [0.2, 0.25) is 5.78 Å². The SMILES string of the molecule is CCCCN(C)Cc1c(O)ccc2c1OC(=Cc1cccnc1)C2=O.Cl.Cl. The fraction of sp³-hybridized carbons (Fsp3) is 0.300. The van der Waals surface area contributed by atoms with E-state index in [0.29, 0.717) is 23.4 Å². The van der Waals surface area contributed by atoms with Crippen LogP contribution in [0.25, 0.3) is 6.08 Å². The number of ketones is 1. The second-order valence-corrected chi connectivity index (χ2v) is 6.26. The number of hydrogen-bond acceptors (Lipinski definition) is 5. The first-order chi connectivity index (χ1) is 12.1. The van der Waals surface area contributed by atoms with Gasteiger partial charge in [0.25, 0.3) is 0 Å². The molecule has 0 spiro atoms. The van der Waals surface area contributed by atoms with Crippen LogP contribution in [0.4, 0.5) is 0 Å². The number of hydrogen-bond donors (Lipinski definition) is 1. The van der Waals surface area contributed by atoms with Gasteiger partial charge in [-0.2, -0.15) is 0 Å². The number of carbonyl (C=O) groups excluding carboxylic acids is 1. The van der Waals surface area contributed by atoms with Crippen molar-refractivity contribution in [3.8, 4) is 11.5 Å². The summed E-state index contributed by atoms with van der Waals surface area (Å²) >= 11 is 0. The summed E-state index contributed by atoms with van der Waals surface area (Å²) in [4.78, 5) is 18.8. The van der Waals surface area contributed by atoms with Crippen molar-refractivity contribution >= 4 is 36.7 Å². The normalized spacial score (nSPS) is 13.7. The van der Waals surface area contributed by atoms with Gasteiger partial charge in [0.15, 0.2) is 5.76 Å². The van der Waals surface area contributed by atoms with E-state index in [1.165, 1.54) is 0 Å². The van der Waals surface area contributed by atoms with Crippen LogP contribution < -0.4 is 4.74 Å². The smallest absolute Gasteiger partial charge is 0.231 e. The van der Waals surface area contributed by atoms with E-state index in [1.54, 1.807) is 36.7 Å². The van der Waals surface area contributed by atoms with Crippen LogP contribution in [0.1, 0.15) is 41.3 Å². The molecule has 1 aliphatic rings. The summed E-state index contributed by atoms with van der Waals surface area (Å²) in [7, 11) is 2.00. The summed E-state index contributed by atoms with van der Waals surface area (Å²) < 4.78 is 5.84. The molecular weight excluding hydrogens is 387 g/mol. The quantitative estimate of drug-likeness (QED) is 0.711. The van der Waals surface area contributed by atoms with Crippen molar-refractivity contribution in [1.82, 2.24) is 9.88 Å². The summed E-state index contributed by atoms with van der Waals surface area (Å²) in [5.74, 6) is 0.698. The van der Waals surface area contributed by atoms with Gasteiger partial charge in [-0.1, -0.05) is 19.4 Å². The Labute approximate surface area is 171 Å². The van der Waals surface area contributed by atoms with Crippen LogP contribution in [0.15, 0.2) is 42.4 Å². The Morgan fingerprint density at radius 3 is 2.70 bits per heavy atom. The molecule has 2 aromatic rings. The maximum atomic E-state index is 12.6. The molecule has 0 saturated carbocycles. The fourth-order valence-electron chi connectivity index (χ4n) is 2.84. The fourth-order valence-corrected chi connectivity index (χ4v) is 2.84. The monoisotopic (exact) mass is 410 g/mol. The number of rotatable bonds is 6. The molecule has 0 amide bonds. The number of allylic oxidation sites excluding steroid dienone is 1. The molecule has 0 radical (unpaired) electrons. The van der Waals surface area contributed by atoms with Gasteiger partial charge in [0.05, 0.1) is 11.1 Å². The van der Waals surface area contributed by atoms with E-state index in [9.17, 15) is 9.90 Å². The highest BCUT2D eigenvalue weighted by molar-refractivity contribution is 6.14. The first-order valence-electron chi connectivity index (χ1n) is 8.47. The number of nitrogens with zero attached hydrogens (tertiary/aromatic N) is 2. The number of Topliss-reactive ketones (excluding diaryl/α,β-unsaturated/α-hetero) is 1. The molecule has 0 atom stereocenters. The molecule has 0 aliphatic carbocycles. The van der Waals surface area contributed by atoms with Crippen molar-refractivity contribution in [3.63, 3.8) is 0 Å². The van der Waals surface area contributed by atoms with Gasteiger partial charge < -0.3 is 14.7 Å². The van der Waals surface area contributed by atoms with Crippen LogP contribution in [0.3, 0.4) is 0 Å². The lowest BCUT2D eigenvalue weighted by atomic mass is 10.0. The number of unbranched alkanes of at least 4 members (excludes halogenated alkanes) is 1. The molecular formula is C20H24Cl2N2O3. The zero-order chi connectivity index (χ0) is 17.8. The predicted molar refractivity (Wildman–Crippen MR) is 111 cm³/mol. The number of phenolic OH excluding ortho intramolecular Hbond substituents is 1. The number of halogens is 2. The highest BCUT2D eigenvalue weighted by Crippen LogP contribution is 2.40. The number of pyridine rings is 1. The predicted octanol–water partition coefficient (Wildman–Crippen LogP) is 4.48. The molecule has 2 heterocycles. The molecule has 1 aromatic heterocycles. The highest BCUT2D eigenvalue weighted by Gasteiger charge is 2.31. The molecule has 0 fully saturated rings. The lowest BCUT2D eigenvalue weighted by molar-refractivity contribution is 0.101. The van der Waals surface area contributed by atoms with Crippen LogP contribution >= 0.6 is 24.8 Å². The molecule has 0 saturated heterocycles. The third kappa shape index (κ3) is 5.22. The summed E-state index contributed by atoms with van der Waals surface area (Å²) in [6.45, 7) is 3.59. The van der Waals surface area contributed by atoms with Crippen LogP contribution in [0, 0.1) is 0 Å². The van der Waals surface area contributed by atoms with Crippen molar-refractivity contribution in [2.24, 2.45) is 0 Å². The zero-order valence-corrected chi connectivity index (χ0v) is 17.0. The van der Waals surface area contributed by atoms with Gasteiger partial charge in [0, 0.05) is 18.9 Å². The van der Waals surface area contributed by atoms with Crippen molar-refractivity contribution in [3.05, 3.63) is 59.1 Å². The molecule has 1 aromatic carbocycles. The Hall–Kier alpha value is -2.08. The van der Waals surface area contributed by atoms with E-state index in [4.69, 9.17) is 4.74 Å². The molecule has 27 heavy (non-hydrogen) atoms. The molecule has 1 aliphatic heterocycles. The van der Waals surface area contributed by atoms with Gasteiger partial charge >= 0.3 is 0 Å². The summed E-state index contributed by atoms with van der Waals surface area (Å²) in [6, 6.07) is 6.85. The Bertz CT molecular complexity index is 810. The third-order valence-electron chi connectivity index (χ3n) is 4.22. The minimum Gasteiger partial charge on any atom is -0.507 e. The average molecular weight is 411 g/mol. The van der Waals surface area contributed by atoms with Gasteiger partial charge in [-0.25, -0.2) is 0 Å². The second-order valence-electron chi connectivity index (χ2n) is 6.26. The number of aromatic nitrogens is 1. The van der Waals surface area contributed by atoms with Crippen LogP contribution in [-0.2, 0) is 6.54 Å². The Morgan fingerprint density at radius 2 is 2.04 bits per heavy atom. The Kier molecular flexibility index (Phi) is 8.76. The van der Waals surface area contributed by atoms with Crippen molar-refractivity contribution in [2.45, 2.75) is 26.3 Å². The minimum absolute atomic E-state index is 0. The van der Waals surface area contributed by atoms with E-state index in [-0.39, 0.29) is 42.1 Å². The maximum absolute atomic E-state index is 12.6. The summed E-state index contributed by atoms with van der Waals surface area (Å²) in [5.41, 5.74) is 1.94. The molecule has 1 N–H and O–H groups in total. The standard InChI is InChI=1S/C20H22N2O3.2ClH/c1-3-4-10-22(2)13-16-17(23)8-7-15-19(24)18(25-20(15)16)11-14-6-5-9-21-12-14;;/h5-9,11-12,23H,3-4,10,13H2,1-2H3;2*1H. The summed E-state index contributed by atoms with van der Waals surface area (Å²) in [5, 5.41) is 10.3. The molecule has 5 nitrogen and oxygen atoms in total. The molecule has 7 heteroatoms. The van der Waals surface area contributed by atoms with Crippen LogP contribution in [0.2, 0.25) is 0 Å². The van der Waals surface area contributed by atoms with Crippen LogP contribution in [-0.4, -0.2) is 34.4 Å². The van der Waals surface area contributed by atoms with Crippen molar-refractivity contribution < 1.29 is 14.6 Å².